The highest BCUT2D eigenvalue weighted by Gasteiger charge is 2.31. The Morgan fingerprint density at radius 2 is 2.08 bits per heavy atom. The maximum absolute atomic E-state index is 13.8. The molecule has 2 N–H and O–H groups in total. The first kappa shape index (κ1) is 24.8. The molecule has 3 aromatic rings. The molecule has 4 rings (SSSR count). The first-order chi connectivity index (χ1) is 17.0. The van der Waals surface area contributed by atoms with Crippen molar-refractivity contribution >= 4 is 17.6 Å². The molecule has 186 valence electrons. The number of likely N-dealkylation sites (N-methyl/N-ethyl adjacent to an activating group) is 1. The monoisotopic (exact) mass is 495 g/mol. The first-order valence-corrected chi connectivity index (χ1v) is 11.0. The molecule has 11 heteroatoms. The summed E-state index contributed by atoms with van der Waals surface area (Å²) in [4.78, 5) is 30.3. The number of nitrogens with zero attached hydrogens (tertiary/aromatic N) is 4. The van der Waals surface area contributed by atoms with Crippen LogP contribution >= 0.6 is 0 Å². The van der Waals surface area contributed by atoms with E-state index in [0.29, 0.717) is 22.6 Å². The van der Waals surface area contributed by atoms with Gasteiger partial charge in [0.05, 0.1) is 11.9 Å². The van der Waals surface area contributed by atoms with Crippen LogP contribution in [0.5, 0.6) is 5.75 Å². The summed E-state index contributed by atoms with van der Waals surface area (Å²) in [6.45, 7) is 3.02. The molecule has 0 saturated heterocycles. The number of aromatic nitrogens is 3. The van der Waals surface area contributed by atoms with E-state index in [9.17, 15) is 23.5 Å². The quantitative estimate of drug-likeness (QED) is 0.426. The number of benzene rings is 1. The molecule has 1 unspecified atom stereocenters. The van der Waals surface area contributed by atoms with Crippen LogP contribution in [0.3, 0.4) is 0 Å². The Hall–Kier alpha value is -4.30. The van der Waals surface area contributed by atoms with Crippen LogP contribution in [-0.4, -0.2) is 57.1 Å². The van der Waals surface area contributed by atoms with E-state index in [4.69, 9.17) is 4.74 Å². The average Bonchev–Trinajstić information content (AvgIpc) is 3.25. The number of carbonyl (C=O) groups excluding carboxylic acids is 2. The Morgan fingerprint density at radius 3 is 2.81 bits per heavy atom. The fraction of sp³-hybridized carbons (Fsp3) is 0.280. The molecule has 2 aromatic heterocycles. The topological polar surface area (TPSA) is 110 Å². The third-order valence-corrected chi connectivity index (χ3v) is 5.30. The second-order valence-electron chi connectivity index (χ2n) is 8.76. The van der Waals surface area contributed by atoms with E-state index in [2.05, 4.69) is 27.2 Å². The molecular formula is C25H23F2N5O4. The van der Waals surface area contributed by atoms with Crippen LogP contribution in [0.1, 0.15) is 30.5 Å². The molecule has 3 heterocycles. The normalized spacial score (nSPS) is 15.3. The van der Waals surface area contributed by atoms with Crippen LogP contribution in [0.4, 0.5) is 19.3 Å². The number of hydrogen-bond donors (Lipinski definition) is 2. The number of anilines is 1. The van der Waals surface area contributed by atoms with Crippen LogP contribution in [-0.2, 0) is 11.2 Å². The number of hydrogen-bond acceptors (Lipinski definition) is 6. The molecule has 0 radical (unpaired) electrons. The number of nitrogens with one attached hydrogen (secondary N) is 1. The molecule has 2 amide bonds. The number of carbonyl (C=O) groups is 2. The predicted octanol–water partition coefficient (Wildman–Crippen LogP) is 2.25. The van der Waals surface area contributed by atoms with Gasteiger partial charge in [0.25, 0.3) is 5.91 Å². The maximum atomic E-state index is 13.8. The number of aliphatic hydroxyl groups is 1. The van der Waals surface area contributed by atoms with E-state index in [0.717, 1.165) is 10.7 Å². The molecule has 36 heavy (non-hydrogen) atoms. The fourth-order valence-corrected chi connectivity index (χ4v) is 3.48. The first-order valence-electron chi connectivity index (χ1n) is 11.0. The summed E-state index contributed by atoms with van der Waals surface area (Å²) >= 11 is 0. The van der Waals surface area contributed by atoms with Crippen molar-refractivity contribution in [2.24, 2.45) is 0 Å². The second kappa shape index (κ2) is 9.75. The lowest BCUT2D eigenvalue weighted by Gasteiger charge is -2.20. The number of fused-ring (bicyclic) bond motifs is 1. The highest BCUT2D eigenvalue weighted by atomic mass is 19.1. The zero-order chi connectivity index (χ0) is 26.0. The molecule has 1 aromatic carbocycles. The zero-order valence-electron chi connectivity index (χ0n) is 19.7. The van der Waals surface area contributed by atoms with Crippen molar-refractivity contribution in [3.8, 4) is 17.6 Å². The molecule has 1 aliphatic rings. The lowest BCUT2D eigenvalue weighted by molar-refractivity contribution is -0.120. The van der Waals surface area contributed by atoms with Crippen LogP contribution in [0, 0.1) is 23.7 Å². The third-order valence-electron chi connectivity index (χ3n) is 5.30. The van der Waals surface area contributed by atoms with Crippen LogP contribution in [0.25, 0.3) is 0 Å². The van der Waals surface area contributed by atoms with Gasteiger partial charge in [-0.3, -0.25) is 4.79 Å². The highest BCUT2D eigenvalue weighted by molar-refractivity contribution is 6.00. The smallest absolute Gasteiger partial charge is 0.342 e. The van der Waals surface area contributed by atoms with Gasteiger partial charge in [-0.05, 0) is 49.7 Å². The molecule has 0 fully saturated rings. The third kappa shape index (κ3) is 5.67. The minimum absolute atomic E-state index is 0.0502. The second-order valence-corrected chi connectivity index (χ2v) is 8.76. The van der Waals surface area contributed by atoms with Crippen LogP contribution < -0.4 is 15.0 Å². The number of halogens is 2. The van der Waals surface area contributed by atoms with Gasteiger partial charge in [0, 0.05) is 30.8 Å². The lowest BCUT2D eigenvalue weighted by atomic mass is 10.1. The van der Waals surface area contributed by atoms with Crippen molar-refractivity contribution < 1.29 is 28.2 Å². The number of rotatable bonds is 3. The summed E-state index contributed by atoms with van der Waals surface area (Å²) in [6.07, 6.45) is 2.80. The van der Waals surface area contributed by atoms with Crippen LogP contribution in [0.2, 0.25) is 0 Å². The zero-order valence-corrected chi connectivity index (χ0v) is 19.7. The molecule has 1 aliphatic heterocycles. The van der Waals surface area contributed by atoms with Gasteiger partial charge in [-0.2, -0.15) is 23.5 Å². The Labute approximate surface area is 205 Å². The van der Waals surface area contributed by atoms with Gasteiger partial charge >= 0.3 is 6.03 Å². The number of pyridine rings is 1. The maximum Gasteiger partial charge on any atom is 0.342 e. The van der Waals surface area contributed by atoms with E-state index < -0.39 is 35.5 Å². The Bertz CT molecular complexity index is 1390. The van der Waals surface area contributed by atoms with Crippen molar-refractivity contribution in [2.75, 3.05) is 18.6 Å². The van der Waals surface area contributed by atoms with Gasteiger partial charge < -0.3 is 20.1 Å². The molecule has 1 atom stereocenters. The standard InChI is InChI=1S/C25H23F2N5O4/c1-25(2,35)9-8-15-4-6-20-19(11-15)31(3)23(33)18(14-36-20)29-24(34)32-13-16(12-28-32)10-17-5-7-21(26)30-22(17)27/h4-7,11-13,18,35H,10,14H2,1-3H3,(H,29,34). The SMILES string of the molecule is CN1C(=O)C(NC(=O)n2cc(Cc3ccc(F)nc3F)cn2)COc2ccc(C#CC(C)(C)O)cc21. The summed E-state index contributed by atoms with van der Waals surface area (Å²) < 4.78 is 33.6. The summed E-state index contributed by atoms with van der Waals surface area (Å²) in [6, 6.07) is 5.67. The fourth-order valence-electron chi connectivity index (χ4n) is 3.48. The summed E-state index contributed by atoms with van der Waals surface area (Å²) in [5.74, 6) is 3.74. The van der Waals surface area contributed by atoms with E-state index in [1.807, 2.05) is 0 Å². The minimum atomic E-state index is -1.17. The number of ether oxygens (including phenoxy) is 1. The average molecular weight is 495 g/mol. The van der Waals surface area contributed by atoms with Crippen molar-refractivity contribution in [3.63, 3.8) is 0 Å². The predicted molar refractivity (Wildman–Crippen MR) is 125 cm³/mol. The molecular weight excluding hydrogens is 472 g/mol. The minimum Gasteiger partial charge on any atom is -0.489 e. The molecule has 0 aliphatic carbocycles. The Morgan fingerprint density at radius 1 is 1.31 bits per heavy atom. The van der Waals surface area contributed by atoms with E-state index in [-0.39, 0.29) is 18.6 Å². The Balaban J connectivity index is 1.46. The van der Waals surface area contributed by atoms with Gasteiger partial charge in [0.15, 0.2) is 0 Å². The summed E-state index contributed by atoms with van der Waals surface area (Å²) in [5.41, 5.74) is 0.519. The van der Waals surface area contributed by atoms with Crippen molar-refractivity contribution in [1.29, 1.82) is 0 Å². The largest absolute Gasteiger partial charge is 0.489 e. The lowest BCUT2D eigenvalue weighted by Crippen LogP contribution is -2.50. The van der Waals surface area contributed by atoms with Crippen molar-refractivity contribution in [1.82, 2.24) is 20.1 Å². The van der Waals surface area contributed by atoms with Gasteiger partial charge in [0.1, 0.15) is 24.0 Å². The molecule has 0 spiro atoms. The van der Waals surface area contributed by atoms with Gasteiger partial charge in [-0.1, -0.05) is 11.8 Å². The van der Waals surface area contributed by atoms with Crippen molar-refractivity contribution in [3.05, 3.63) is 71.3 Å². The molecule has 0 bridgehead atoms. The summed E-state index contributed by atoms with van der Waals surface area (Å²) in [5, 5.41) is 16.4. The van der Waals surface area contributed by atoms with Crippen LogP contribution in [0.15, 0.2) is 42.7 Å². The van der Waals surface area contributed by atoms with E-state index >= 15 is 0 Å². The summed E-state index contributed by atoms with van der Waals surface area (Å²) in [7, 11) is 1.56. The highest BCUT2D eigenvalue weighted by Crippen LogP contribution is 2.31. The number of amides is 2. The molecule has 0 saturated carbocycles. The van der Waals surface area contributed by atoms with E-state index in [1.54, 1.807) is 39.1 Å². The molecule has 9 nitrogen and oxygen atoms in total. The van der Waals surface area contributed by atoms with Gasteiger partial charge in [-0.25, -0.2) is 4.79 Å². The van der Waals surface area contributed by atoms with Gasteiger partial charge in [-0.15, -0.1) is 0 Å². The van der Waals surface area contributed by atoms with Gasteiger partial charge in [0.2, 0.25) is 11.9 Å². The van der Waals surface area contributed by atoms with E-state index in [1.165, 1.54) is 23.4 Å². The Kier molecular flexibility index (Phi) is 6.72. The van der Waals surface area contributed by atoms with Crippen molar-refractivity contribution in [2.45, 2.75) is 31.9 Å².